The highest BCUT2D eigenvalue weighted by Gasteiger charge is 2.08. The van der Waals surface area contributed by atoms with E-state index in [1.165, 1.54) is 37.7 Å². The van der Waals surface area contributed by atoms with Crippen LogP contribution in [0.2, 0.25) is 0 Å². The molecule has 0 saturated heterocycles. The highest BCUT2D eigenvalue weighted by molar-refractivity contribution is 5.58. The van der Waals surface area contributed by atoms with Gasteiger partial charge in [-0.1, -0.05) is 38.7 Å². The molecule has 0 heterocycles. The van der Waals surface area contributed by atoms with Gasteiger partial charge in [0.15, 0.2) is 0 Å². The molecule has 1 aromatic rings. The number of rotatable bonds is 11. The van der Waals surface area contributed by atoms with Crippen molar-refractivity contribution in [3.63, 3.8) is 0 Å². The Balaban J connectivity index is 2.51. The highest BCUT2D eigenvalue weighted by Crippen LogP contribution is 2.27. The lowest BCUT2D eigenvalue weighted by molar-refractivity contribution is 0.146. The van der Waals surface area contributed by atoms with E-state index in [2.05, 4.69) is 44.3 Å². The van der Waals surface area contributed by atoms with Crippen molar-refractivity contribution in [3.05, 3.63) is 23.8 Å². The largest absolute Gasteiger partial charge is 0.489 e. The fourth-order valence-electron chi connectivity index (χ4n) is 2.32. The van der Waals surface area contributed by atoms with Crippen LogP contribution in [-0.2, 0) is 4.74 Å². The van der Waals surface area contributed by atoms with Gasteiger partial charge in [0.05, 0.1) is 12.3 Å². The van der Waals surface area contributed by atoms with E-state index in [0.717, 1.165) is 11.4 Å². The average molecular weight is 293 g/mol. The third-order valence-corrected chi connectivity index (χ3v) is 3.57. The first-order valence-electron chi connectivity index (χ1n) is 8.16. The predicted octanol–water partition coefficient (Wildman–Crippen LogP) is 4.79. The topological polar surface area (TPSA) is 30.5 Å². The van der Waals surface area contributed by atoms with E-state index in [1.807, 2.05) is 0 Å². The molecule has 0 saturated carbocycles. The second-order valence-corrected chi connectivity index (χ2v) is 5.74. The van der Waals surface area contributed by atoms with E-state index in [1.54, 1.807) is 7.11 Å². The number of ether oxygens (including phenoxy) is 2. The van der Waals surface area contributed by atoms with Gasteiger partial charge in [-0.3, -0.25) is 0 Å². The van der Waals surface area contributed by atoms with E-state index in [9.17, 15) is 0 Å². The van der Waals surface area contributed by atoms with Crippen LogP contribution in [0.4, 0.5) is 5.69 Å². The van der Waals surface area contributed by atoms with Gasteiger partial charge in [-0.2, -0.15) is 0 Å². The lowest BCUT2D eigenvalue weighted by Crippen LogP contribution is -2.16. The van der Waals surface area contributed by atoms with Crippen molar-refractivity contribution in [1.82, 2.24) is 0 Å². The Morgan fingerprint density at radius 1 is 1.14 bits per heavy atom. The first-order chi connectivity index (χ1) is 10.2. The lowest BCUT2D eigenvalue weighted by Gasteiger charge is -2.19. The summed E-state index contributed by atoms with van der Waals surface area (Å²) in [6, 6.07) is 6.78. The van der Waals surface area contributed by atoms with Gasteiger partial charge >= 0.3 is 0 Å². The maximum absolute atomic E-state index is 5.81. The Hall–Kier alpha value is -1.22. The molecule has 120 valence electrons. The minimum Gasteiger partial charge on any atom is -0.489 e. The maximum Gasteiger partial charge on any atom is 0.142 e. The summed E-state index contributed by atoms with van der Waals surface area (Å²) >= 11 is 0. The van der Waals surface area contributed by atoms with Crippen LogP contribution in [0.25, 0.3) is 0 Å². The molecule has 0 spiro atoms. The zero-order valence-electron chi connectivity index (χ0n) is 14.1. The van der Waals surface area contributed by atoms with Crippen LogP contribution in [0.5, 0.6) is 5.75 Å². The van der Waals surface area contributed by atoms with Crippen LogP contribution in [0.15, 0.2) is 18.2 Å². The summed E-state index contributed by atoms with van der Waals surface area (Å²) < 4.78 is 10.9. The van der Waals surface area contributed by atoms with Gasteiger partial charge in [0, 0.05) is 13.2 Å². The fourth-order valence-corrected chi connectivity index (χ4v) is 2.32. The van der Waals surface area contributed by atoms with Crippen molar-refractivity contribution in [2.45, 2.75) is 58.9 Å². The zero-order chi connectivity index (χ0) is 15.5. The minimum atomic E-state index is 0.467. The van der Waals surface area contributed by atoms with Crippen molar-refractivity contribution < 1.29 is 9.47 Å². The summed E-state index contributed by atoms with van der Waals surface area (Å²) in [5.74, 6) is 0.924. The van der Waals surface area contributed by atoms with E-state index in [0.29, 0.717) is 19.3 Å². The summed E-state index contributed by atoms with van der Waals surface area (Å²) in [7, 11) is 1.69. The van der Waals surface area contributed by atoms with Crippen molar-refractivity contribution in [3.8, 4) is 5.75 Å². The van der Waals surface area contributed by atoms with Gasteiger partial charge in [-0.05, 0) is 38.0 Å². The molecule has 1 atom stereocenters. The Bertz CT molecular complexity index is 393. The van der Waals surface area contributed by atoms with Crippen LogP contribution in [0.1, 0.15) is 51.5 Å². The monoisotopic (exact) mass is 293 g/mol. The number of methoxy groups -OCH3 is 1. The molecule has 0 bridgehead atoms. The van der Waals surface area contributed by atoms with Gasteiger partial charge in [0.2, 0.25) is 0 Å². The predicted molar refractivity (Wildman–Crippen MR) is 90.4 cm³/mol. The van der Waals surface area contributed by atoms with Crippen LogP contribution in [0, 0.1) is 6.92 Å². The van der Waals surface area contributed by atoms with Crippen LogP contribution in [-0.4, -0.2) is 26.4 Å². The molecule has 0 aliphatic rings. The number of aryl methyl sites for hydroxylation is 1. The molecular formula is C18H31NO2. The normalized spacial score (nSPS) is 12.2. The number of nitrogens with one attached hydrogen (secondary N) is 1. The first-order valence-corrected chi connectivity index (χ1v) is 8.16. The minimum absolute atomic E-state index is 0.467. The summed E-state index contributed by atoms with van der Waals surface area (Å²) in [5, 5.41) is 3.58. The third-order valence-electron chi connectivity index (χ3n) is 3.57. The molecule has 0 aliphatic heterocycles. The fraction of sp³-hybridized carbons (Fsp3) is 0.667. The second-order valence-electron chi connectivity index (χ2n) is 5.74. The van der Waals surface area contributed by atoms with Crippen molar-refractivity contribution in [2.24, 2.45) is 0 Å². The summed E-state index contributed by atoms with van der Waals surface area (Å²) in [6.45, 7) is 7.77. The quantitative estimate of drug-likeness (QED) is 0.595. The molecule has 0 amide bonds. The van der Waals surface area contributed by atoms with Crippen molar-refractivity contribution in [2.75, 3.05) is 25.6 Å². The van der Waals surface area contributed by atoms with Gasteiger partial charge in [0.25, 0.3) is 0 Å². The molecule has 1 N–H and O–H groups in total. The van der Waals surface area contributed by atoms with Crippen molar-refractivity contribution >= 4 is 5.69 Å². The van der Waals surface area contributed by atoms with Gasteiger partial charge in [0.1, 0.15) is 12.4 Å². The molecule has 1 aromatic carbocycles. The molecular weight excluding hydrogens is 262 g/mol. The van der Waals surface area contributed by atoms with E-state index in [4.69, 9.17) is 9.47 Å². The molecule has 1 unspecified atom stereocenters. The van der Waals surface area contributed by atoms with Crippen LogP contribution in [0.3, 0.4) is 0 Å². The maximum atomic E-state index is 5.81. The molecule has 0 fully saturated rings. The summed E-state index contributed by atoms with van der Waals surface area (Å²) in [6.07, 6.45) is 6.44. The van der Waals surface area contributed by atoms with E-state index >= 15 is 0 Å². The zero-order valence-corrected chi connectivity index (χ0v) is 14.1. The number of unbranched alkanes of at least 4 members (excludes halogenated alkanes) is 3. The average Bonchev–Trinajstić information content (AvgIpc) is 2.47. The highest BCUT2D eigenvalue weighted by atomic mass is 16.5. The Labute approximate surface area is 130 Å². The second kappa shape index (κ2) is 10.5. The molecule has 0 aromatic heterocycles. The summed E-state index contributed by atoms with van der Waals surface area (Å²) in [5.41, 5.74) is 2.29. The van der Waals surface area contributed by atoms with Gasteiger partial charge in [-0.25, -0.2) is 0 Å². The Kier molecular flexibility index (Phi) is 8.91. The smallest absolute Gasteiger partial charge is 0.142 e. The molecule has 3 nitrogen and oxygen atoms in total. The molecule has 1 rings (SSSR count). The SMILES string of the molecule is CCCCCCC(C)Nc1ccc(C)cc1OCCOC. The molecule has 0 radical (unpaired) electrons. The third kappa shape index (κ3) is 7.37. The number of benzene rings is 1. The van der Waals surface area contributed by atoms with Gasteiger partial charge < -0.3 is 14.8 Å². The summed E-state index contributed by atoms with van der Waals surface area (Å²) in [4.78, 5) is 0. The van der Waals surface area contributed by atoms with E-state index < -0.39 is 0 Å². The van der Waals surface area contributed by atoms with E-state index in [-0.39, 0.29) is 0 Å². The molecule has 0 aliphatic carbocycles. The Morgan fingerprint density at radius 2 is 1.95 bits per heavy atom. The standard InChI is InChI=1S/C18H31NO2/c1-5-6-7-8-9-16(3)19-17-11-10-15(2)14-18(17)21-13-12-20-4/h10-11,14,16,19H,5-9,12-13H2,1-4H3. The molecule has 3 heteroatoms. The van der Waals surface area contributed by atoms with Crippen molar-refractivity contribution in [1.29, 1.82) is 0 Å². The number of hydrogen-bond donors (Lipinski definition) is 1. The Morgan fingerprint density at radius 3 is 2.67 bits per heavy atom. The van der Waals surface area contributed by atoms with Crippen LogP contribution < -0.4 is 10.1 Å². The lowest BCUT2D eigenvalue weighted by atomic mass is 10.1. The van der Waals surface area contributed by atoms with Gasteiger partial charge in [-0.15, -0.1) is 0 Å². The number of hydrogen-bond acceptors (Lipinski definition) is 3. The number of anilines is 1. The first kappa shape index (κ1) is 17.8. The van der Waals surface area contributed by atoms with Crippen LogP contribution >= 0.6 is 0 Å². The molecule has 21 heavy (non-hydrogen) atoms.